The third-order valence-electron chi connectivity index (χ3n) is 4.17. The number of carbonyl (C=O) groups is 1. The first-order chi connectivity index (χ1) is 10.7. The number of hydrogen-bond donors (Lipinski definition) is 2. The number of rotatable bonds is 7. The molecule has 1 saturated heterocycles. The maximum atomic E-state index is 11.6. The molecule has 120 valence electrons. The van der Waals surface area contributed by atoms with Crippen LogP contribution in [0.5, 0.6) is 0 Å². The van der Waals surface area contributed by atoms with Crippen LogP contribution in [0.2, 0.25) is 0 Å². The molecule has 1 saturated carbocycles. The normalized spacial score (nSPS) is 17.6. The highest BCUT2D eigenvalue weighted by molar-refractivity contribution is 5.76. The Labute approximate surface area is 131 Å². The van der Waals surface area contributed by atoms with Crippen molar-refractivity contribution in [1.82, 2.24) is 15.3 Å². The zero-order valence-electron chi connectivity index (χ0n) is 13.3. The summed E-state index contributed by atoms with van der Waals surface area (Å²) in [5.41, 5.74) is 0.970. The highest BCUT2D eigenvalue weighted by Gasteiger charge is 2.23. The highest BCUT2D eigenvalue weighted by atomic mass is 16.1. The SMILES string of the molecule is Cc1cc(N2CCCC2)nc(NCCNC(=O)CC2CC2)n1. The summed E-state index contributed by atoms with van der Waals surface area (Å²) in [5.74, 6) is 2.45. The van der Waals surface area contributed by atoms with E-state index < -0.39 is 0 Å². The number of hydrogen-bond acceptors (Lipinski definition) is 5. The summed E-state index contributed by atoms with van der Waals surface area (Å²) < 4.78 is 0. The lowest BCUT2D eigenvalue weighted by molar-refractivity contribution is -0.121. The van der Waals surface area contributed by atoms with E-state index in [0.717, 1.165) is 24.6 Å². The van der Waals surface area contributed by atoms with Gasteiger partial charge in [-0.25, -0.2) is 4.98 Å². The van der Waals surface area contributed by atoms with Crippen molar-refractivity contribution in [1.29, 1.82) is 0 Å². The van der Waals surface area contributed by atoms with Crippen LogP contribution in [0.1, 0.15) is 37.8 Å². The van der Waals surface area contributed by atoms with Gasteiger partial charge in [-0.15, -0.1) is 0 Å². The number of aromatic nitrogens is 2. The first-order valence-corrected chi connectivity index (χ1v) is 8.32. The smallest absolute Gasteiger partial charge is 0.224 e. The Morgan fingerprint density at radius 1 is 1.27 bits per heavy atom. The zero-order chi connectivity index (χ0) is 15.4. The highest BCUT2D eigenvalue weighted by Crippen LogP contribution is 2.31. The molecule has 0 spiro atoms. The molecule has 0 unspecified atom stereocenters. The lowest BCUT2D eigenvalue weighted by atomic mass is 10.3. The predicted octanol–water partition coefficient (Wildman–Crippen LogP) is 1.71. The van der Waals surface area contributed by atoms with Crippen molar-refractivity contribution in [3.05, 3.63) is 11.8 Å². The molecule has 6 nitrogen and oxygen atoms in total. The third-order valence-corrected chi connectivity index (χ3v) is 4.17. The van der Waals surface area contributed by atoms with E-state index in [0.29, 0.717) is 31.4 Å². The van der Waals surface area contributed by atoms with E-state index in [1.807, 2.05) is 13.0 Å². The van der Waals surface area contributed by atoms with Crippen LogP contribution < -0.4 is 15.5 Å². The van der Waals surface area contributed by atoms with Crippen LogP contribution >= 0.6 is 0 Å². The molecule has 0 aromatic carbocycles. The Balaban J connectivity index is 1.45. The van der Waals surface area contributed by atoms with Gasteiger partial charge in [0.05, 0.1) is 0 Å². The molecule has 1 aromatic heterocycles. The first-order valence-electron chi connectivity index (χ1n) is 8.32. The van der Waals surface area contributed by atoms with Gasteiger partial charge < -0.3 is 15.5 Å². The van der Waals surface area contributed by atoms with Crippen molar-refractivity contribution in [2.75, 3.05) is 36.4 Å². The summed E-state index contributed by atoms with van der Waals surface area (Å²) in [7, 11) is 0. The average Bonchev–Trinajstić information content (AvgIpc) is 3.13. The summed E-state index contributed by atoms with van der Waals surface area (Å²) in [6, 6.07) is 2.04. The minimum atomic E-state index is 0.159. The maximum Gasteiger partial charge on any atom is 0.224 e. The van der Waals surface area contributed by atoms with E-state index >= 15 is 0 Å². The average molecular weight is 303 g/mol. The van der Waals surface area contributed by atoms with Crippen LogP contribution in [0.4, 0.5) is 11.8 Å². The molecule has 1 aromatic rings. The van der Waals surface area contributed by atoms with Gasteiger partial charge in [-0.05, 0) is 38.5 Å². The Hall–Kier alpha value is -1.85. The topological polar surface area (TPSA) is 70.2 Å². The van der Waals surface area contributed by atoms with Crippen LogP contribution in [0.25, 0.3) is 0 Å². The fraction of sp³-hybridized carbons (Fsp3) is 0.688. The van der Waals surface area contributed by atoms with Crippen LogP contribution in [-0.4, -0.2) is 42.1 Å². The van der Waals surface area contributed by atoms with Crippen LogP contribution in [0, 0.1) is 12.8 Å². The van der Waals surface area contributed by atoms with Crippen LogP contribution in [-0.2, 0) is 4.79 Å². The van der Waals surface area contributed by atoms with Gasteiger partial charge in [0.25, 0.3) is 0 Å². The van der Waals surface area contributed by atoms with E-state index in [1.165, 1.54) is 25.7 Å². The van der Waals surface area contributed by atoms with Gasteiger partial charge in [-0.1, -0.05) is 0 Å². The summed E-state index contributed by atoms with van der Waals surface area (Å²) >= 11 is 0. The first kappa shape index (κ1) is 15.1. The second kappa shape index (κ2) is 6.94. The van der Waals surface area contributed by atoms with Crippen LogP contribution in [0.15, 0.2) is 6.07 Å². The van der Waals surface area contributed by atoms with Gasteiger partial charge in [0.15, 0.2) is 0 Å². The molecular formula is C16H25N5O. The van der Waals surface area contributed by atoms with E-state index in [4.69, 9.17) is 0 Å². The number of aryl methyl sites for hydroxylation is 1. The second-order valence-corrected chi connectivity index (χ2v) is 6.31. The minimum Gasteiger partial charge on any atom is -0.356 e. The molecule has 2 heterocycles. The fourth-order valence-electron chi connectivity index (χ4n) is 2.77. The van der Waals surface area contributed by atoms with Crippen molar-refractivity contribution in [2.45, 2.75) is 39.0 Å². The Morgan fingerprint density at radius 3 is 2.77 bits per heavy atom. The summed E-state index contributed by atoms with van der Waals surface area (Å²) in [6.45, 7) is 5.41. The van der Waals surface area contributed by atoms with E-state index in [2.05, 4.69) is 25.5 Å². The van der Waals surface area contributed by atoms with E-state index in [1.54, 1.807) is 0 Å². The molecule has 1 aliphatic heterocycles. The molecular weight excluding hydrogens is 278 g/mol. The van der Waals surface area contributed by atoms with Crippen molar-refractivity contribution in [3.8, 4) is 0 Å². The Bertz CT molecular complexity index is 523. The van der Waals surface area contributed by atoms with Gasteiger partial charge in [0.2, 0.25) is 11.9 Å². The predicted molar refractivity (Wildman–Crippen MR) is 87.1 cm³/mol. The maximum absolute atomic E-state index is 11.6. The van der Waals surface area contributed by atoms with E-state index in [9.17, 15) is 4.79 Å². The number of nitrogens with one attached hydrogen (secondary N) is 2. The number of carbonyl (C=O) groups excluding carboxylic acids is 1. The molecule has 1 amide bonds. The molecule has 2 fully saturated rings. The second-order valence-electron chi connectivity index (χ2n) is 6.31. The molecule has 0 radical (unpaired) electrons. The number of amides is 1. The van der Waals surface area contributed by atoms with Gasteiger partial charge in [-0.2, -0.15) is 4.98 Å². The van der Waals surface area contributed by atoms with Crippen molar-refractivity contribution in [2.24, 2.45) is 5.92 Å². The van der Waals surface area contributed by atoms with Gasteiger partial charge in [0.1, 0.15) is 5.82 Å². The Kier molecular flexibility index (Phi) is 4.75. The number of nitrogens with zero attached hydrogens (tertiary/aromatic N) is 3. The summed E-state index contributed by atoms with van der Waals surface area (Å²) in [6.07, 6.45) is 5.57. The van der Waals surface area contributed by atoms with Crippen LogP contribution in [0.3, 0.4) is 0 Å². The summed E-state index contributed by atoms with van der Waals surface area (Å²) in [4.78, 5) is 22.9. The lowest BCUT2D eigenvalue weighted by Gasteiger charge is -2.17. The molecule has 2 N–H and O–H groups in total. The quantitative estimate of drug-likeness (QED) is 0.751. The minimum absolute atomic E-state index is 0.159. The molecule has 0 bridgehead atoms. The fourth-order valence-corrected chi connectivity index (χ4v) is 2.77. The zero-order valence-corrected chi connectivity index (χ0v) is 13.3. The molecule has 1 aliphatic carbocycles. The molecule has 0 atom stereocenters. The summed E-state index contributed by atoms with van der Waals surface area (Å²) in [5, 5.41) is 6.15. The number of anilines is 2. The van der Waals surface area contributed by atoms with E-state index in [-0.39, 0.29) is 5.91 Å². The van der Waals surface area contributed by atoms with Crippen molar-refractivity contribution >= 4 is 17.7 Å². The molecule has 2 aliphatic rings. The van der Waals surface area contributed by atoms with Gasteiger partial charge in [0, 0.05) is 44.4 Å². The third kappa shape index (κ3) is 4.32. The van der Waals surface area contributed by atoms with Gasteiger partial charge >= 0.3 is 0 Å². The lowest BCUT2D eigenvalue weighted by Crippen LogP contribution is -2.29. The van der Waals surface area contributed by atoms with Gasteiger partial charge in [-0.3, -0.25) is 4.79 Å². The monoisotopic (exact) mass is 303 g/mol. The molecule has 22 heavy (non-hydrogen) atoms. The van der Waals surface area contributed by atoms with Crippen molar-refractivity contribution in [3.63, 3.8) is 0 Å². The molecule has 6 heteroatoms. The largest absolute Gasteiger partial charge is 0.356 e. The van der Waals surface area contributed by atoms with Crippen molar-refractivity contribution < 1.29 is 4.79 Å². The molecule has 3 rings (SSSR count). The Morgan fingerprint density at radius 2 is 2.05 bits per heavy atom. The standard InChI is InChI=1S/C16H25N5O/c1-12-10-14(21-8-2-3-9-21)20-16(19-12)18-7-6-17-15(22)11-13-4-5-13/h10,13H,2-9,11H2,1H3,(H,17,22)(H,18,19,20).